The standard InChI is InChI=1S/C30H40N10O14P2S/c1-5-48-55(44)50-8-30-6-14(30)18(39-10-35-16-23(31)33-9-34-24(16)39)19(41)22(30)54-56(45,57-12-47-29(43)51-13(2)3)49-7-15-20(46-4)21(53-55)27(52-15)40-11-36-17-25(40)37-28(32)38-26(17)42/h9-11,13-15,18-22,27,41H,5-8,12H2,1-4H3,(H2,31,33,34)(H3,32,37,38,42)/t14-,15-,18-,19+,20-,21-,22+,27-,30?,55-,56-/m1/s1. The molecule has 2 saturated carbocycles. The van der Waals surface area contributed by atoms with Crippen molar-refractivity contribution in [2.75, 3.05) is 44.3 Å². The molecule has 2 aliphatic carbocycles. The molecule has 57 heavy (non-hydrogen) atoms. The number of phosphoric ester groups is 1. The number of hydrogen-bond donors (Lipinski definition) is 4. The van der Waals surface area contributed by atoms with Gasteiger partial charge in [-0.1, -0.05) is 0 Å². The van der Waals surface area contributed by atoms with Gasteiger partial charge in [-0.3, -0.25) is 37.0 Å². The molecule has 1 unspecified atom stereocenters. The number of rotatable bonds is 9. The summed E-state index contributed by atoms with van der Waals surface area (Å²) in [5.41, 5.74) is 10.7. The molecule has 2 bridgehead atoms. The van der Waals surface area contributed by atoms with Crippen molar-refractivity contribution in [3.63, 3.8) is 0 Å². The summed E-state index contributed by atoms with van der Waals surface area (Å²) in [5, 5.41) is 12.1. The van der Waals surface area contributed by atoms with Gasteiger partial charge >= 0.3 is 20.8 Å². The van der Waals surface area contributed by atoms with Crippen LogP contribution >= 0.6 is 26.0 Å². The first-order chi connectivity index (χ1) is 27.2. The number of imidazole rings is 2. The number of H-pyrrole nitrogens is 1. The third-order valence-electron chi connectivity index (χ3n) is 10.2. The predicted octanol–water partition coefficient (Wildman–Crippen LogP) is 2.28. The van der Waals surface area contributed by atoms with Gasteiger partial charge in [-0.15, -0.1) is 0 Å². The number of aromatic amines is 1. The third kappa shape index (κ3) is 7.22. The number of fused-ring (bicyclic) bond motifs is 4. The zero-order chi connectivity index (χ0) is 40.4. The SMILES string of the molecule is CCO[P@]1(=O)OCC23C[C@@H]2[C@@H](n2cnc4c(N)ncnc42)[C@H](O)[C@@H]3O[P@](=O)(SCOC(=O)OC(C)C)OC[C@H]2O[C@@H](n3cnc4c(=O)[nH]c(N)nc43)[C@H](O1)[C@@H]2OC. The first-order valence-corrected chi connectivity index (χ1v) is 22.3. The van der Waals surface area contributed by atoms with E-state index in [0.717, 1.165) is 0 Å². The number of aliphatic hydroxyl groups is 1. The maximum absolute atomic E-state index is 14.9. The van der Waals surface area contributed by atoms with Gasteiger partial charge in [0.2, 0.25) is 5.95 Å². The van der Waals surface area contributed by atoms with Gasteiger partial charge in [0.15, 0.2) is 34.8 Å². The Morgan fingerprint density at radius 3 is 2.65 bits per heavy atom. The molecule has 11 atom stereocenters. The summed E-state index contributed by atoms with van der Waals surface area (Å²) in [5.74, 6) is -1.08. The molecule has 4 fully saturated rings. The molecule has 2 saturated heterocycles. The predicted molar refractivity (Wildman–Crippen MR) is 196 cm³/mol. The minimum atomic E-state index is -4.56. The molecule has 8 rings (SSSR count). The Hall–Kier alpha value is -3.74. The van der Waals surface area contributed by atoms with E-state index in [9.17, 15) is 23.8 Å². The minimum absolute atomic E-state index is 0.00197. The van der Waals surface area contributed by atoms with Crippen molar-refractivity contribution in [2.45, 2.75) is 76.1 Å². The fourth-order valence-electron chi connectivity index (χ4n) is 7.72. The number of methoxy groups -OCH3 is 1. The number of carbonyl (C=O) groups excluding carboxylic acids is 1. The second kappa shape index (κ2) is 15.1. The molecule has 0 radical (unpaired) electrons. The first kappa shape index (κ1) is 40.1. The van der Waals surface area contributed by atoms with Gasteiger partial charge in [0.1, 0.15) is 42.4 Å². The quantitative estimate of drug-likeness (QED) is 0.107. The number of nitrogens with two attached hydrogens (primary N) is 2. The summed E-state index contributed by atoms with van der Waals surface area (Å²) in [6.07, 6.45) is -4.78. The van der Waals surface area contributed by atoms with Gasteiger partial charge < -0.3 is 40.1 Å². The van der Waals surface area contributed by atoms with Crippen LogP contribution in [0.5, 0.6) is 0 Å². The number of aliphatic hydroxyl groups excluding tert-OH is 1. The van der Waals surface area contributed by atoms with E-state index in [2.05, 4.69) is 29.9 Å². The van der Waals surface area contributed by atoms with Gasteiger partial charge in [-0.2, -0.15) is 4.98 Å². The maximum atomic E-state index is 14.9. The highest BCUT2D eigenvalue weighted by atomic mass is 32.7. The monoisotopic (exact) mass is 858 g/mol. The molecular formula is C30H40N10O14P2S. The van der Waals surface area contributed by atoms with E-state index in [1.54, 1.807) is 25.3 Å². The van der Waals surface area contributed by atoms with Gasteiger partial charge in [0.05, 0.1) is 44.6 Å². The molecule has 1 spiro atoms. The van der Waals surface area contributed by atoms with Crippen LogP contribution in [0.15, 0.2) is 23.8 Å². The van der Waals surface area contributed by atoms with Crippen molar-refractivity contribution < 1.29 is 60.6 Å². The molecule has 4 aliphatic rings. The highest BCUT2D eigenvalue weighted by Crippen LogP contribution is 2.74. The van der Waals surface area contributed by atoms with Crippen molar-refractivity contribution in [1.29, 1.82) is 0 Å². The summed E-state index contributed by atoms with van der Waals surface area (Å²) in [7, 11) is -3.23. The topological polar surface area (TPSA) is 314 Å². The smallest absolute Gasteiger partial charge is 0.432 e. The van der Waals surface area contributed by atoms with Gasteiger partial charge in [0, 0.05) is 23.9 Å². The average Bonchev–Trinajstić information content (AvgIpc) is 3.44. The molecule has 24 nitrogen and oxygen atoms in total. The van der Waals surface area contributed by atoms with Crippen LogP contribution in [0, 0.1) is 11.3 Å². The summed E-state index contributed by atoms with van der Waals surface area (Å²) >= 11 is 0.524. The highest BCUT2D eigenvalue weighted by Gasteiger charge is 2.74. The van der Waals surface area contributed by atoms with Crippen LogP contribution in [-0.2, 0) is 50.7 Å². The third-order valence-corrected chi connectivity index (χ3v) is 15.0. The van der Waals surface area contributed by atoms with Crippen LogP contribution in [-0.4, -0.2) is 120 Å². The van der Waals surface area contributed by atoms with Gasteiger partial charge in [-0.25, -0.2) is 33.9 Å². The van der Waals surface area contributed by atoms with E-state index in [1.165, 1.54) is 30.7 Å². The fraction of sp³-hybridized carbons (Fsp3) is 0.633. The van der Waals surface area contributed by atoms with E-state index < -0.39 is 99.1 Å². The number of nitrogens with one attached hydrogen (secondary N) is 1. The lowest BCUT2D eigenvalue weighted by Crippen LogP contribution is -2.38. The van der Waals surface area contributed by atoms with Gasteiger partial charge in [-0.05, 0) is 33.1 Å². The zero-order valence-electron chi connectivity index (χ0n) is 30.8. The molecule has 6 heterocycles. The molecule has 0 amide bonds. The highest BCUT2D eigenvalue weighted by molar-refractivity contribution is 8.55. The number of aromatic nitrogens is 8. The Balaban J connectivity index is 1.19. The Kier molecular flexibility index (Phi) is 10.6. The summed E-state index contributed by atoms with van der Waals surface area (Å²) in [6, 6.07) is -0.784. The maximum Gasteiger partial charge on any atom is 0.509 e. The van der Waals surface area contributed by atoms with Crippen molar-refractivity contribution in [1.82, 2.24) is 39.0 Å². The number of nitrogens with zero attached hydrogens (tertiary/aromatic N) is 7. The average molecular weight is 859 g/mol. The number of ether oxygens (including phenoxy) is 4. The molecule has 27 heteroatoms. The number of phosphoric acid groups is 1. The largest absolute Gasteiger partial charge is 0.509 e. The molecule has 2 aliphatic heterocycles. The zero-order valence-corrected chi connectivity index (χ0v) is 33.4. The summed E-state index contributed by atoms with van der Waals surface area (Å²) in [4.78, 5) is 48.4. The van der Waals surface area contributed by atoms with Crippen LogP contribution in [0.2, 0.25) is 0 Å². The Bertz CT molecular complexity index is 2330. The molecular weight excluding hydrogens is 818 g/mol. The van der Waals surface area contributed by atoms with E-state index in [-0.39, 0.29) is 36.1 Å². The molecule has 4 aromatic heterocycles. The first-order valence-electron chi connectivity index (χ1n) is 17.7. The summed E-state index contributed by atoms with van der Waals surface area (Å²) < 4.78 is 85.4. The van der Waals surface area contributed by atoms with E-state index in [1.807, 2.05) is 0 Å². The Morgan fingerprint density at radius 2 is 1.89 bits per heavy atom. The van der Waals surface area contributed by atoms with Crippen LogP contribution < -0.4 is 17.0 Å². The van der Waals surface area contributed by atoms with Gasteiger partial charge in [0.25, 0.3) is 5.56 Å². The lowest BCUT2D eigenvalue weighted by Gasteiger charge is -2.32. The van der Waals surface area contributed by atoms with Crippen LogP contribution in [0.4, 0.5) is 16.6 Å². The summed E-state index contributed by atoms with van der Waals surface area (Å²) in [6.45, 7) is -0.635. The molecule has 4 aromatic rings. The van der Waals surface area contributed by atoms with Crippen LogP contribution in [0.1, 0.15) is 39.5 Å². The Labute approximate surface area is 326 Å². The van der Waals surface area contributed by atoms with Crippen molar-refractivity contribution >= 4 is 66.3 Å². The number of anilines is 2. The van der Waals surface area contributed by atoms with E-state index in [4.69, 9.17) is 53.0 Å². The molecule has 6 N–H and O–H groups in total. The molecule has 0 aromatic carbocycles. The Morgan fingerprint density at radius 1 is 1.12 bits per heavy atom. The fourth-order valence-corrected chi connectivity index (χ4v) is 12.0. The van der Waals surface area contributed by atoms with Crippen LogP contribution in [0.25, 0.3) is 22.3 Å². The van der Waals surface area contributed by atoms with E-state index >= 15 is 0 Å². The second-order valence-corrected chi connectivity index (χ2v) is 19.5. The van der Waals surface area contributed by atoms with Crippen molar-refractivity contribution in [3.05, 3.63) is 29.3 Å². The molecule has 310 valence electrons. The van der Waals surface area contributed by atoms with E-state index in [0.29, 0.717) is 29.0 Å². The number of hydrogen-bond acceptors (Lipinski definition) is 22. The normalized spacial score (nSPS) is 35.3. The lowest BCUT2D eigenvalue weighted by atomic mass is 10.0. The number of nitrogen functional groups attached to an aromatic ring is 2. The lowest BCUT2D eigenvalue weighted by molar-refractivity contribution is -0.0612. The van der Waals surface area contributed by atoms with Crippen LogP contribution in [0.3, 0.4) is 0 Å². The second-order valence-electron chi connectivity index (χ2n) is 13.9. The van der Waals surface area contributed by atoms with Crippen molar-refractivity contribution in [3.8, 4) is 0 Å². The minimum Gasteiger partial charge on any atom is -0.432 e. The van der Waals surface area contributed by atoms with Crippen molar-refractivity contribution in [2.24, 2.45) is 11.3 Å². The number of carbonyl (C=O) groups is 1.